The third-order valence-corrected chi connectivity index (χ3v) is 4.04. The normalized spacial score (nSPS) is 11.7. The van der Waals surface area contributed by atoms with Crippen LogP contribution in [-0.2, 0) is 6.54 Å². The van der Waals surface area contributed by atoms with E-state index in [1.165, 1.54) is 30.6 Å². The van der Waals surface area contributed by atoms with Crippen molar-refractivity contribution in [2.45, 2.75) is 53.0 Å². The Kier molecular flexibility index (Phi) is 7.48. The van der Waals surface area contributed by atoms with Gasteiger partial charge in [-0.05, 0) is 20.3 Å². The van der Waals surface area contributed by atoms with E-state index >= 15 is 0 Å². The topological polar surface area (TPSA) is 49.3 Å². The minimum atomic E-state index is 0.798. The summed E-state index contributed by atoms with van der Waals surface area (Å²) in [5, 5.41) is 7.81. The van der Waals surface area contributed by atoms with Crippen LogP contribution >= 0.6 is 11.3 Å². The predicted molar refractivity (Wildman–Crippen MR) is 83.9 cm³/mol. The Morgan fingerprint density at radius 2 is 2.00 bits per heavy atom. The van der Waals surface area contributed by atoms with Crippen molar-refractivity contribution in [2.24, 2.45) is 4.99 Å². The van der Waals surface area contributed by atoms with Gasteiger partial charge in [0.1, 0.15) is 0 Å². The Bertz CT molecular complexity index is 398. The molecule has 0 saturated heterocycles. The van der Waals surface area contributed by atoms with Crippen molar-refractivity contribution in [2.75, 3.05) is 13.6 Å². The molecule has 1 aromatic heterocycles. The zero-order chi connectivity index (χ0) is 14.1. The van der Waals surface area contributed by atoms with E-state index in [9.17, 15) is 0 Å². The lowest BCUT2D eigenvalue weighted by Crippen LogP contribution is -2.37. The highest BCUT2D eigenvalue weighted by Gasteiger charge is 2.05. The Balaban J connectivity index is 2.27. The molecule has 0 unspecified atom stereocenters. The second kappa shape index (κ2) is 8.91. The number of aryl methyl sites for hydroxylation is 2. The van der Waals surface area contributed by atoms with E-state index < -0.39 is 0 Å². The van der Waals surface area contributed by atoms with Gasteiger partial charge in [0.25, 0.3) is 0 Å². The fraction of sp³-hybridized carbons (Fsp3) is 0.714. The highest BCUT2D eigenvalue weighted by atomic mass is 32.1. The standard InChI is InChI=1S/C14H26N4S/c1-5-6-7-8-9-16-14(15-4)17-10-13-11(2)18-12(3)19-13/h5-10H2,1-4H3,(H2,15,16,17). The van der Waals surface area contributed by atoms with Crippen LogP contribution < -0.4 is 10.6 Å². The van der Waals surface area contributed by atoms with Crippen molar-refractivity contribution >= 4 is 17.3 Å². The summed E-state index contributed by atoms with van der Waals surface area (Å²) in [6, 6.07) is 0. The van der Waals surface area contributed by atoms with Crippen LogP contribution in [0.2, 0.25) is 0 Å². The molecule has 1 aromatic rings. The Morgan fingerprint density at radius 1 is 1.21 bits per heavy atom. The molecule has 0 aliphatic rings. The van der Waals surface area contributed by atoms with Crippen molar-refractivity contribution in [3.05, 3.63) is 15.6 Å². The van der Waals surface area contributed by atoms with Crippen LogP contribution in [0.1, 0.15) is 48.2 Å². The number of guanidine groups is 1. The summed E-state index contributed by atoms with van der Waals surface area (Å²) in [7, 11) is 1.81. The van der Waals surface area contributed by atoms with Gasteiger partial charge in [-0.25, -0.2) is 4.98 Å². The maximum atomic E-state index is 4.43. The third kappa shape index (κ3) is 6.05. The van der Waals surface area contributed by atoms with E-state index in [4.69, 9.17) is 0 Å². The van der Waals surface area contributed by atoms with Gasteiger partial charge in [0.15, 0.2) is 5.96 Å². The molecular weight excluding hydrogens is 256 g/mol. The maximum Gasteiger partial charge on any atom is 0.191 e. The minimum absolute atomic E-state index is 0.798. The van der Waals surface area contributed by atoms with E-state index in [2.05, 4.69) is 34.5 Å². The van der Waals surface area contributed by atoms with Gasteiger partial charge in [-0.1, -0.05) is 26.2 Å². The predicted octanol–water partition coefficient (Wildman–Crippen LogP) is 3.01. The number of rotatable bonds is 7. The molecule has 108 valence electrons. The molecule has 5 heteroatoms. The molecule has 0 saturated carbocycles. The second-order valence-electron chi connectivity index (χ2n) is 4.65. The van der Waals surface area contributed by atoms with Crippen LogP contribution in [0.4, 0.5) is 0 Å². The number of nitrogens with zero attached hydrogens (tertiary/aromatic N) is 2. The third-order valence-electron chi connectivity index (χ3n) is 2.96. The largest absolute Gasteiger partial charge is 0.356 e. The van der Waals surface area contributed by atoms with Crippen molar-refractivity contribution in [3.8, 4) is 0 Å². The number of unbranched alkanes of at least 4 members (excludes halogenated alkanes) is 3. The molecule has 0 aliphatic carbocycles. The summed E-state index contributed by atoms with van der Waals surface area (Å²) < 4.78 is 0. The zero-order valence-electron chi connectivity index (χ0n) is 12.5. The molecule has 4 nitrogen and oxygen atoms in total. The smallest absolute Gasteiger partial charge is 0.191 e. The lowest BCUT2D eigenvalue weighted by atomic mass is 10.2. The molecule has 0 bridgehead atoms. The number of aromatic nitrogens is 1. The Labute approximate surface area is 120 Å². The number of aliphatic imine (C=N–C) groups is 1. The fourth-order valence-electron chi connectivity index (χ4n) is 1.88. The number of hydrogen-bond donors (Lipinski definition) is 2. The lowest BCUT2D eigenvalue weighted by molar-refractivity contribution is 0.647. The SMILES string of the molecule is CCCCCCNC(=NC)NCc1sc(C)nc1C. The van der Waals surface area contributed by atoms with Gasteiger partial charge in [0, 0.05) is 18.5 Å². The summed E-state index contributed by atoms with van der Waals surface area (Å²) in [4.78, 5) is 9.95. The molecule has 0 spiro atoms. The van der Waals surface area contributed by atoms with E-state index in [1.807, 2.05) is 14.0 Å². The first kappa shape index (κ1) is 16.0. The van der Waals surface area contributed by atoms with Gasteiger partial charge < -0.3 is 10.6 Å². The molecule has 0 atom stereocenters. The summed E-state index contributed by atoms with van der Waals surface area (Å²) in [5.41, 5.74) is 1.12. The number of hydrogen-bond acceptors (Lipinski definition) is 3. The maximum absolute atomic E-state index is 4.43. The minimum Gasteiger partial charge on any atom is -0.356 e. The second-order valence-corrected chi connectivity index (χ2v) is 5.94. The van der Waals surface area contributed by atoms with Gasteiger partial charge in [0.05, 0.1) is 17.2 Å². The van der Waals surface area contributed by atoms with Crippen molar-refractivity contribution in [1.82, 2.24) is 15.6 Å². The molecule has 2 N–H and O–H groups in total. The quantitative estimate of drug-likeness (QED) is 0.459. The van der Waals surface area contributed by atoms with Gasteiger partial charge in [-0.15, -0.1) is 11.3 Å². The van der Waals surface area contributed by atoms with E-state index in [0.717, 1.165) is 29.8 Å². The highest BCUT2D eigenvalue weighted by Crippen LogP contribution is 2.16. The molecule has 0 aliphatic heterocycles. The summed E-state index contributed by atoms with van der Waals surface area (Å²) in [6.45, 7) is 8.11. The van der Waals surface area contributed by atoms with Crippen molar-refractivity contribution < 1.29 is 0 Å². The van der Waals surface area contributed by atoms with Gasteiger partial charge in [0.2, 0.25) is 0 Å². The van der Waals surface area contributed by atoms with E-state index in [0.29, 0.717) is 0 Å². The van der Waals surface area contributed by atoms with Gasteiger partial charge in [-0.3, -0.25) is 4.99 Å². The molecule has 1 heterocycles. The average molecular weight is 282 g/mol. The van der Waals surface area contributed by atoms with Crippen molar-refractivity contribution in [3.63, 3.8) is 0 Å². The first-order valence-electron chi connectivity index (χ1n) is 7.04. The van der Waals surface area contributed by atoms with Crippen LogP contribution in [0.25, 0.3) is 0 Å². The van der Waals surface area contributed by atoms with E-state index in [1.54, 1.807) is 11.3 Å². The fourth-order valence-corrected chi connectivity index (χ4v) is 2.76. The number of nitrogens with one attached hydrogen (secondary N) is 2. The Hall–Kier alpha value is -1.10. The van der Waals surface area contributed by atoms with Crippen LogP contribution in [0.5, 0.6) is 0 Å². The lowest BCUT2D eigenvalue weighted by Gasteiger charge is -2.11. The molecule has 0 aromatic carbocycles. The van der Waals surface area contributed by atoms with Gasteiger partial charge in [-0.2, -0.15) is 0 Å². The van der Waals surface area contributed by atoms with Crippen LogP contribution in [0.3, 0.4) is 0 Å². The first-order valence-corrected chi connectivity index (χ1v) is 7.86. The zero-order valence-corrected chi connectivity index (χ0v) is 13.4. The molecule has 19 heavy (non-hydrogen) atoms. The molecule has 0 amide bonds. The van der Waals surface area contributed by atoms with Gasteiger partial charge >= 0.3 is 0 Å². The first-order chi connectivity index (χ1) is 9.17. The van der Waals surface area contributed by atoms with Crippen LogP contribution in [-0.4, -0.2) is 24.5 Å². The van der Waals surface area contributed by atoms with Crippen molar-refractivity contribution in [1.29, 1.82) is 0 Å². The monoisotopic (exact) mass is 282 g/mol. The van der Waals surface area contributed by atoms with Crippen LogP contribution in [0.15, 0.2) is 4.99 Å². The van der Waals surface area contributed by atoms with E-state index in [-0.39, 0.29) is 0 Å². The molecule has 0 fully saturated rings. The highest BCUT2D eigenvalue weighted by molar-refractivity contribution is 7.11. The van der Waals surface area contributed by atoms with Crippen LogP contribution in [0, 0.1) is 13.8 Å². The molecule has 1 rings (SSSR count). The molecular formula is C14H26N4S. The summed E-state index contributed by atoms with van der Waals surface area (Å²) in [5.74, 6) is 0.877. The summed E-state index contributed by atoms with van der Waals surface area (Å²) in [6.07, 6.45) is 5.07. The number of thiazole rings is 1. The molecule has 0 radical (unpaired) electrons. The average Bonchev–Trinajstić information content (AvgIpc) is 2.71. The summed E-state index contributed by atoms with van der Waals surface area (Å²) >= 11 is 1.75. The Morgan fingerprint density at radius 3 is 2.58 bits per heavy atom.